The Bertz CT molecular complexity index is 1480. The maximum Gasteiger partial charge on any atom is 0.176 e. The van der Waals surface area contributed by atoms with Gasteiger partial charge in [-0.15, -0.1) is 22.7 Å². The lowest BCUT2D eigenvalue weighted by molar-refractivity contribution is 0.657. The molecule has 0 saturated carbocycles. The van der Waals surface area contributed by atoms with E-state index < -0.39 is 0 Å². The zero-order valence-electron chi connectivity index (χ0n) is 19.1. The lowest BCUT2D eigenvalue weighted by Gasteiger charge is -2.08. The first-order valence-electron chi connectivity index (χ1n) is 11.6. The highest BCUT2D eigenvalue weighted by atomic mass is 32.1. The van der Waals surface area contributed by atoms with Crippen LogP contribution in [0.1, 0.15) is 0 Å². The second kappa shape index (κ2) is 9.65. The van der Waals surface area contributed by atoms with Gasteiger partial charge in [0.2, 0.25) is 0 Å². The quantitative estimate of drug-likeness (QED) is 0.218. The topological polar surface area (TPSA) is 0 Å². The van der Waals surface area contributed by atoms with Crippen LogP contribution in [-0.2, 0) is 0 Å². The normalized spacial score (nSPS) is 11.1. The van der Waals surface area contributed by atoms with Crippen molar-refractivity contribution in [2.45, 2.75) is 0 Å². The molecule has 0 amide bonds. The molecule has 0 aliphatic heterocycles. The second-order valence-corrected chi connectivity index (χ2v) is 10.6. The lowest BCUT2D eigenvalue weighted by Crippen LogP contribution is -1.83. The lowest BCUT2D eigenvalue weighted by atomic mass is 9.97. The molecule has 6 rings (SSSR count). The van der Waals surface area contributed by atoms with Gasteiger partial charge in [0.1, 0.15) is 0 Å². The van der Waals surface area contributed by atoms with Crippen LogP contribution in [0.2, 0.25) is 0 Å². The molecule has 2 aromatic heterocycles. The van der Waals surface area contributed by atoms with Gasteiger partial charge < -0.3 is 0 Å². The van der Waals surface area contributed by atoms with Crippen molar-refractivity contribution < 1.29 is 8.78 Å². The first kappa shape index (κ1) is 22.6. The van der Waals surface area contributed by atoms with Crippen LogP contribution in [-0.4, -0.2) is 0 Å². The van der Waals surface area contributed by atoms with Gasteiger partial charge in [0.15, 0.2) is 10.3 Å². The molecule has 2 heterocycles. The Morgan fingerprint density at radius 2 is 0.500 bits per heavy atom. The van der Waals surface area contributed by atoms with Crippen molar-refractivity contribution in [1.29, 1.82) is 0 Å². The third-order valence-corrected chi connectivity index (χ3v) is 8.10. The van der Waals surface area contributed by atoms with Crippen molar-refractivity contribution >= 4 is 22.7 Å². The van der Waals surface area contributed by atoms with E-state index in [-0.39, 0.29) is 10.3 Å². The predicted octanol–water partition coefficient (Wildman–Crippen LogP) is 10.4. The van der Waals surface area contributed by atoms with E-state index in [4.69, 9.17) is 0 Å². The molecule has 0 spiro atoms. The first-order chi connectivity index (χ1) is 17.6. The van der Waals surface area contributed by atoms with Crippen LogP contribution in [0.5, 0.6) is 0 Å². The van der Waals surface area contributed by atoms with Crippen molar-refractivity contribution in [3.05, 3.63) is 132 Å². The molecule has 0 radical (unpaired) electrons. The molecule has 6 aromatic rings. The van der Waals surface area contributed by atoms with E-state index in [1.165, 1.54) is 12.1 Å². The molecule has 0 N–H and O–H groups in total. The molecule has 4 aromatic carbocycles. The van der Waals surface area contributed by atoms with Crippen molar-refractivity contribution in [2.75, 3.05) is 0 Å². The molecule has 0 atom stereocenters. The number of hydrogen-bond donors (Lipinski definition) is 0. The summed E-state index contributed by atoms with van der Waals surface area (Å²) in [5.41, 5.74) is 8.92. The van der Waals surface area contributed by atoms with Crippen LogP contribution in [0, 0.1) is 10.3 Å². The van der Waals surface area contributed by atoms with Crippen LogP contribution in [0.25, 0.3) is 54.3 Å². The second-order valence-electron chi connectivity index (χ2n) is 8.52. The average Bonchev–Trinajstić information content (AvgIpc) is 3.57. The van der Waals surface area contributed by atoms with Crippen molar-refractivity contribution in [1.82, 2.24) is 0 Å². The van der Waals surface area contributed by atoms with Gasteiger partial charge in [0.05, 0.1) is 0 Å². The summed E-state index contributed by atoms with van der Waals surface area (Å²) in [5, 5.41) is -0.329. The van der Waals surface area contributed by atoms with Gasteiger partial charge in [0.25, 0.3) is 0 Å². The highest BCUT2D eigenvalue weighted by molar-refractivity contribution is 7.14. The van der Waals surface area contributed by atoms with Gasteiger partial charge in [-0.25, -0.2) is 0 Å². The van der Waals surface area contributed by atoms with Crippen LogP contribution in [0.15, 0.2) is 121 Å². The Morgan fingerprint density at radius 1 is 0.278 bits per heavy atom. The Hall–Kier alpha value is -3.86. The van der Waals surface area contributed by atoms with Crippen molar-refractivity contribution in [2.24, 2.45) is 0 Å². The fourth-order valence-corrected chi connectivity index (χ4v) is 5.78. The molecule has 0 unspecified atom stereocenters. The van der Waals surface area contributed by atoms with Crippen LogP contribution in [0.4, 0.5) is 8.78 Å². The average molecular weight is 507 g/mol. The molecule has 0 nitrogen and oxygen atoms in total. The van der Waals surface area contributed by atoms with Crippen LogP contribution >= 0.6 is 22.7 Å². The molecular weight excluding hydrogens is 486 g/mol. The minimum atomic E-state index is -0.164. The fraction of sp³-hybridized carbons (Fsp3) is 0. The summed E-state index contributed by atoms with van der Waals surface area (Å²) in [7, 11) is 0. The summed E-state index contributed by atoms with van der Waals surface area (Å²) in [6, 6.07) is 40.2. The summed E-state index contributed by atoms with van der Waals surface area (Å²) in [6.45, 7) is 0. The number of benzene rings is 4. The van der Waals surface area contributed by atoms with E-state index >= 15 is 0 Å². The SMILES string of the molecule is Fc1ccc(-c2ccc(-c3ccc(-c4ccc(-c5ccc(-c6ccc(F)s6)cc5)cc4)cc3)cc2)s1. The highest BCUT2D eigenvalue weighted by Crippen LogP contribution is 2.32. The molecular formula is C32H20F2S2. The van der Waals surface area contributed by atoms with Gasteiger partial charge in [-0.1, -0.05) is 97.1 Å². The third-order valence-electron chi connectivity index (χ3n) is 6.26. The van der Waals surface area contributed by atoms with Crippen molar-refractivity contribution in [3.63, 3.8) is 0 Å². The van der Waals surface area contributed by atoms with Gasteiger partial charge in [0, 0.05) is 9.75 Å². The third kappa shape index (κ3) is 4.66. The van der Waals surface area contributed by atoms with E-state index in [1.54, 1.807) is 0 Å². The molecule has 0 fully saturated rings. The molecule has 0 aliphatic carbocycles. The van der Waals surface area contributed by atoms with Gasteiger partial charge >= 0.3 is 0 Å². The van der Waals surface area contributed by atoms with E-state index in [0.717, 1.165) is 76.9 Å². The minimum Gasteiger partial charge on any atom is -0.195 e. The molecule has 0 saturated heterocycles. The molecule has 36 heavy (non-hydrogen) atoms. The Kier molecular flexibility index (Phi) is 6.06. The summed E-state index contributed by atoms with van der Waals surface area (Å²) < 4.78 is 26.7. The van der Waals surface area contributed by atoms with E-state index in [0.29, 0.717) is 0 Å². The van der Waals surface area contributed by atoms with Gasteiger partial charge in [-0.3, -0.25) is 0 Å². The Balaban J connectivity index is 1.17. The highest BCUT2D eigenvalue weighted by Gasteiger charge is 2.06. The zero-order chi connectivity index (χ0) is 24.5. The first-order valence-corrected chi connectivity index (χ1v) is 13.2. The molecule has 174 valence electrons. The number of halogens is 2. The van der Waals surface area contributed by atoms with Gasteiger partial charge in [-0.2, -0.15) is 8.78 Å². The zero-order valence-corrected chi connectivity index (χ0v) is 20.8. The number of hydrogen-bond acceptors (Lipinski definition) is 2. The maximum atomic E-state index is 13.3. The smallest absolute Gasteiger partial charge is 0.176 e. The minimum absolute atomic E-state index is 0.164. The fourth-order valence-electron chi connectivity index (χ4n) is 4.30. The standard InChI is InChI=1S/C32H20F2S2/c33-31-19-17-29(35-31)27-13-9-25(10-14-27)23-5-1-21(2-6-23)22-3-7-24(8-4-22)26-11-15-28(16-12-26)30-18-20-32(34)36-30/h1-20H. The van der Waals surface area contributed by atoms with Crippen LogP contribution in [0.3, 0.4) is 0 Å². The summed E-state index contributed by atoms with van der Waals surface area (Å²) in [4.78, 5) is 1.87. The van der Waals surface area contributed by atoms with Crippen molar-refractivity contribution in [3.8, 4) is 54.3 Å². The summed E-state index contributed by atoms with van der Waals surface area (Å²) in [5.74, 6) is 0. The van der Waals surface area contributed by atoms with E-state index in [1.807, 2.05) is 36.4 Å². The van der Waals surface area contributed by atoms with E-state index in [9.17, 15) is 8.78 Å². The molecule has 0 bridgehead atoms. The number of thiophene rings is 2. The molecule has 0 aliphatic rings. The van der Waals surface area contributed by atoms with E-state index in [2.05, 4.69) is 72.8 Å². The summed E-state index contributed by atoms with van der Waals surface area (Å²) >= 11 is 2.33. The predicted molar refractivity (Wildman–Crippen MR) is 149 cm³/mol. The summed E-state index contributed by atoms with van der Waals surface area (Å²) in [6.07, 6.45) is 0. The Morgan fingerprint density at radius 3 is 0.694 bits per heavy atom. The maximum absolute atomic E-state index is 13.3. The van der Waals surface area contributed by atoms with Gasteiger partial charge in [-0.05, 0) is 68.8 Å². The largest absolute Gasteiger partial charge is 0.195 e. The number of rotatable bonds is 5. The van der Waals surface area contributed by atoms with Crippen LogP contribution < -0.4 is 0 Å². The monoisotopic (exact) mass is 506 g/mol. The Labute approximate surface area is 216 Å². The molecule has 4 heteroatoms.